The average molecular weight is 322 g/mol. The molecule has 0 aliphatic rings. The van der Waals surface area contributed by atoms with Crippen LogP contribution in [0.1, 0.15) is 0 Å². The largest absolute Gasteiger partial charge is 0.496 e. The third-order valence-electron chi connectivity index (χ3n) is 3.58. The first-order valence-electron chi connectivity index (χ1n) is 6.77. The van der Waals surface area contributed by atoms with E-state index in [4.69, 9.17) is 23.7 Å². The summed E-state index contributed by atoms with van der Waals surface area (Å²) in [6.45, 7) is 0. The van der Waals surface area contributed by atoms with Crippen molar-refractivity contribution in [1.82, 2.24) is 0 Å². The molecular weight excluding hydrogens is 303 g/mol. The van der Waals surface area contributed by atoms with Crippen molar-refractivity contribution in [3.63, 3.8) is 0 Å². The molecule has 0 unspecified atom stereocenters. The van der Waals surface area contributed by atoms with Crippen molar-refractivity contribution in [2.45, 2.75) is 0 Å². The Bertz CT molecular complexity index is 715. The second-order valence-electron chi connectivity index (χ2n) is 4.64. The molecule has 2 aromatic carbocycles. The van der Waals surface area contributed by atoms with Crippen LogP contribution in [0.3, 0.4) is 0 Å². The highest BCUT2D eigenvalue weighted by molar-refractivity contribution is 6.60. The van der Waals surface area contributed by atoms with Crippen LogP contribution in [0.15, 0.2) is 12.1 Å². The highest BCUT2D eigenvalue weighted by Crippen LogP contribution is 2.48. The van der Waals surface area contributed by atoms with Gasteiger partial charge in [-0.2, -0.15) is 0 Å². The van der Waals surface area contributed by atoms with Crippen LogP contribution in [-0.4, -0.2) is 52.7 Å². The molecule has 0 radical (unpaired) electrons. The molecule has 0 saturated carbocycles. The Hall–Kier alpha value is -2.32. The van der Waals surface area contributed by atoms with E-state index < -0.39 is 7.12 Å². The maximum atomic E-state index is 9.65. The zero-order chi connectivity index (χ0) is 17.1. The number of methoxy groups -OCH3 is 5. The lowest BCUT2D eigenvalue weighted by Gasteiger charge is -2.20. The van der Waals surface area contributed by atoms with Crippen LogP contribution in [0.25, 0.3) is 10.8 Å². The molecule has 8 heteroatoms. The molecule has 124 valence electrons. The molecule has 2 rings (SSSR count). The molecule has 0 aliphatic heterocycles. The Morgan fingerprint density at radius 3 is 1.61 bits per heavy atom. The van der Waals surface area contributed by atoms with E-state index >= 15 is 0 Å². The molecule has 0 aromatic heterocycles. The summed E-state index contributed by atoms with van der Waals surface area (Å²) in [5.41, 5.74) is 0.144. The van der Waals surface area contributed by atoms with E-state index in [2.05, 4.69) is 0 Å². The topological polar surface area (TPSA) is 86.6 Å². The summed E-state index contributed by atoms with van der Waals surface area (Å²) >= 11 is 0. The lowest BCUT2D eigenvalue weighted by molar-refractivity contribution is 0.350. The Kier molecular flexibility index (Phi) is 5.07. The summed E-state index contributed by atoms with van der Waals surface area (Å²) in [4.78, 5) is 0. The minimum absolute atomic E-state index is 0.144. The van der Waals surface area contributed by atoms with Crippen molar-refractivity contribution in [3.05, 3.63) is 12.1 Å². The van der Waals surface area contributed by atoms with Gasteiger partial charge in [-0.05, 0) is 6.07 Å². The van der Waals surface area contributed by atoms with E-state index in [1.165, 1.54) is 41.6 Å². The molecule has 7 nitrogen and oxygen atoms in total. The first kappa shape index (κ1) is 17.0. The molecule has 0 atom stereocenters. The van der Waals surface area contributed by atoms with Crippen LogP contribution in [0, 0.1) is 0 Å². The fourth-order valence-corrected chi connectivity index (χ4v) is 2.59. The molecule has 0 heterocycles. The quantitative estimate of drug-likeness (QED) is 0.752. The third kappa shape index (κ3) is 2.71. The van der Waals surface area contributed by atoms with Gasteiger partial charge in [-0.3, -0.25) is 0 Å². The van der Waals surface area contributed by atoms with Gasteiger partial charge in [0, 0.05) is 11.5 Å². The normalized spacial score (nSPS) is 10.4. The first-order valence-corrected chi connectivity index (χ1v) is 6.77. The van der Waals surface area contributed by atoms with Gasteiger partial charge in [-0.15, -0.1) is 0 Å². The smallest absolute Gasteiger partial charge is 0.492 e. The molecule has 2 aromatic rings. The number of hydrogen-bond donors (Lipinski definition) is 2. The minimum atomic E-state index is -1.75. The van der Waals surface area contributed by atoms with Gasteiger partial charge in [-0.1, -0.05) is 0 Å². The summed E-state index contributed by atoms with van der Waals surface area (Å²) in [6, 6.07) is 3.15. The zero-order valence-corrected chi connectivity index (χ0v) is 13.7. The van der Waals surface area contributed by atoms with Crippen molar-refractivity contribution in [2.24, 2.45) is 0 Å². The fraction of sp³-hybridized carbons (Fsp3) is 0.333. The Morgan fingerprint density at radius 2 is 1.17 bits per heavy atom. The van der Waals surface area contributed by atoms with Crippen LogP contribution in [0.4, 0.5) is 0 Å². The Labute approximate surface area is 134 Å². The lowest BCUT2D eigenvalue weighted by atomic mass is 9.77. The number of benzene rings is 2. The summed E-state index contributed by atoms with van der Waals surface area (Å²) < 4.78 is 27.0. The van der Waals surface area contributed by atoms with Gasteiger partial charge < -0.3 is 33.7 Å². The molecule has 0 amide bonds. The SMILES string of the molecule is COc1cc(OC)c2c(OC)cc(B(O)O)c(OC)c2c1OC. The van der Waals surface area contributed by atoms with Crippen LogP contribution in [0.5, 0.6) is 28.7 Å². The van der Waals surface area contributed by atoms with Gasteiger partial charge in [0.1, 0.15) is 17.2 Å². The van der Waals surface area contributed by atoms with E-state index in [-0.39, 0.29) is 11.2 Å². The van der Waals surface area contributed by atoms with Crippen molar-refractivity contribution in [3.8, 4) is 28.7 Å². The highest BCUT2D eigenvalue weighted by atomic mass is 16.5. The van der Waals surface area contributed by atoms with E-state index in [1.807, 2.05) is 0 Å². The van der Waals surface area contributed by atoms with E-state index in [0.29, 0.717) is 33.8 Å². The predicted molar refractivity (Wildman–Crippen MR) is 86.5 cm³/mol. The highest BCUT2D eigenvalue weighted by Gasteiger charge is 2.28. The second-order valence-corrected chi connectivity index (χ2v) is 4.64. The van der Waals surface area contributed by atoms with Crippen LogP contribution < -0.4 is 29.1 Å². The molecular formula is C15H19BO7. The molecule has 0 spiro atoms. The number of hydrogen-bond acceptors (Lipinski definition) is 7. The van der Waals surface area contributed by atoms with Crippen LogP contribution in [-0.2, 0) is 0 Å². The van der Waals surface area contributed by atoms with Gasteiger partial charge in [-0.25, -0.2) is 0 Å². The fourth-order valence-electron chi connectivity index (χ4n) is 2.59. The van der Waals surface area contributed by atoms with E-state index in [0.717, 1.165) is 0 Å². The average Bonchev–Trinajstić information content (AvgIpc) is 2.58. The van der Waals surface area contributed by atoms with Crippen LogP contribution >= 0.6 is 0 Å². The molecule has 0 aliphatic carbocycles. The van der Waals surface area contributed by atoms with Gasteiger partial charge >= 0.3 is 7.12 Å². The number of rotatable bonds is 6. The van der Waals surface area contributed by atoms with Crippen LogP contribution in [0.2, 0.25) is 0 Å². The minimum Gasteiger partial charge on any atom is -0.496 e. The molecule has 0 saturated heterocycles. The third-order valence-corrected chi connectivity index (χ3v) is 3.58. The summed E-state index contributed by atoms with van der Waals surface area (Å²) in [7, 11) is 5.66. The Morgan fingerprint density at radius 1 is 0.652 bits per heavy atom. The second kappa shape index (κ2) is 6.85. The van der Waals surface area contributed by atoms with Crippen molar-refractivity contribution in [2.75, 3.05) is 35.5 Å². The Balaban J connectivity index is 3.10. The van der Waals surface area contributed by atoms with E-state index in [9.17, 15) is 10.0 Å². The van der Waals surface area contributed by atoms with Crippen molar-refractivity contribution >= 4 is 23.4 Å². The van der Waals surface area contributed by atoms with Gasteiger partial charge in [0.2, 0.25) is 0 Å². The molecule has 2 N–H and O–H groups in total. The lowest BCUT2D eigenvalue weighted by Crippen LogP contribution is -2.31. The maximum absolute atomic E-state index is 9.65. The first-order chi connectivity index (χ1) is 11.0. The zero-order valence-electron chi connectivity index (χ0n) is 13.7. The number of ether oxygens (including phenoxy) is 5. The molecule has 0 bridgehead atoms. The standard InChI is InChI=1S/C15H19BO7/c1-19-9-6-8(16(17)18)14(22-4)13-12(9)10(20-2)7-11(21-3)15(13)23-5/h6-7,17-18H,1-5H3. The number of fused-ring (bicyclic) bond motifs is 1. The van der Waals surface area contributed by atoms with Gasteiger partial charge in [0.05, 0.1) is 46.3 Å². The van der Waals surface area contributed by atoms with Crippen molar-refractivity contribution < 1.29 is 33.7 Å². The summed E-state index contributed by atoms with van der Waals surface area (Å²) in [6.07, 6.45) is 0. The predicted octanol–water partition coefficient (Wildman–Crippen LogP) is 0.563. The molecule has 23 heavy (non-hydrogen) atoms. The maximum Gasteiger partial charge on any atom is 0.492 e. The van der Waals surface area contributed by atoms with E-state index in [1.54, 1.807) is 6.07 Å². The summed E-state index contributed by atoms with van der Waals surface area (Å²) in [5.74, 6) is 1.90. The monoisotopic (exact) mass is 322 g/mol. The molecule has 0 fully saturated rings. The van der Waals surface area contributed by atoms with Gasteiger partial charge in [0.15, 0.2) is 11.5 Å². The van der Waals surface area contributed by atoms with Gasteiger partial charge in [0.25, 0.3) is 0 Å². The summed E-state index contributed by atoms with van der Waals surface area (Å²) in [5, 5.41) is 20.3. The van der Waals surface area contributed by atoms with Crippen molar-refractivity contribution in [1.29, 1.82) is 0 Å².